The molecule has 0 N–H and O–H groups in total. The molecular formula is C18H18O6S. The van der Waals surface area contributed by atoms with Crippen molar-refractivity contribution in [2.75, 3.05) is 20.0 Å². The van der Waals surface area contributed by atoms with Crippen molar-refractivity contribution in [1.29, 1.82) is 0 Å². The van der Waals surface area contributed by atoms with E-state index < -0.39 is 22.4 Å². The van der Waals surface area contributed by atoms with Gasteiger partial charge in [-0.15, -0.1) is 0 Å². The third-order valence-electron chi connectivity index (χ3n) is 3.34. The zero-order valence-corrected chi connectivity index (χ0v) is 14.7. The SMILES string of the molecule is COc1ccc(C(=O)COC(=O)c2cccc(CS(C)(=O)=O)c2)cc1. The average molecular weight is 362 g/mol. The van der Waals surface area contributed by atoms with E-state index >= 15 is 0 Å². The highest BCUT2D eigenvalue weighted by atomic mass is 32.2. The molecule has 0 aliphatic carbocycles. The molecule has 0 fully saturated rings. The van der Waals surface area contributed by atoms with Crippen LogP contribution in [0.3, 0.4) is 0 Å². The molecule has 0 unspecified atom stereocenters. The van der Waals surface area contributed by atoms with Gasteiger partial charge in [-0.3, -0.25) is 4.79 Å². The van der Waals surface area contributed by atoms with Crippen molar-refractivity contribution in [1.82, 2.24) is 0 Å². The van der Waals surface area contributed by atoms with Gasteiger partial charge in [-0.05, 0) is 42.0 Å². The van der Waals surface area contributed by atoms with Crippen LogP contribution in [0.15, 0.2) is 48.5 Å². The highest BCUT2D eigenvalue weighted by Gasteiger charge is 2.13. The van der Waals surface area contributed by atoms with Crippen LogP contribution in [0, 0.1) is 0 Å². The summed E-state index contributed by atoms with van der Waals surface area (Å²) in [6.07, 6.45) is 1.12. The first kappa shape index (κ1) is 18.7. The lowest BCUT2D eigenvalue weighted by Gasteiger charge is -2.07. The van der Waals surface area contributed by atoms with E-state index in [0.717, 1.165) is 6.26 Å². The summed E-state index contributed by atoms with van der Waals surface area (Å²) in [6.45, 7) is -0.401. The van der Waals surface area contributed by atoms with E-state index in [9.17, 15) is 18.0 Å². The Balaban J connectivity index is 1.99. The van der Waals surface area contributed by atoms with Crippen molar-refractivity contribution in [2.45, 2.75) is 5.75 Å². The Labute approximate surface area is 146 Å². The first-order valence-corrected chi connectivity index (χ1v) is 9.45. The second-order valence-electron chi connectivity index (χ2n) is 5.50. The summed E-state index contributed by atoms with van der Waals surface area (Å²) in [5, 5.41) is 0. The van der Waals surface area contributed by atoms with Crippen LogP contribution in [0.1, 0.15) is 26.3 Å². The average Bonchev–Trinajstić information content (AvgIpc) is 2.58. The zero-order chi connectivity index (χ0) is 18.4. The Morgan fingerprint density at radius 3 is 2.28 bits per heavy atom. The Morgan fingerprint density at radius 2 is 1.68 bits per heavy atom. The second-order valence-corrected chi connectivity index (χ2v) is 7.64. The lowest BCUT2D eigenvalue weighted by Crippen LogP contribution is -2.14. The maximum absolute atomic E-state index is 12.1. The fourth-order valence-corrected chi connectivity index (χ4v) is 2.95. The molecule has 0 bridgehead atoms. The minimum Gasteiger partial charge on any atom is -0.497 e. The van der Waals surface area contributed by atoms with E-state index in [2.05, 4.69) is 0 Å². The number of methoxy groups -OCH3 is 1. The van der Waals surface area contributed by atoms with E-state index in [0.29, 0.717) is 16.9 Å². The first-order chi connectivity index (χ1) is 11.8. The van der Waals surface area contributed by atoms with Crippen LogP contribution in [0.4, 0.5) is 0 Å². The molecule has 0 atom stereocenters. The summed E-state index contributed by atoms with van der Waals surface area (Å²) < 4.78 is 32.7. The fourth-order valence-electron chi connectivity index (χ4n) is 2.17. The maximum Gasteiger partial charge on any atom is 0.338 e. The van der Waals surface area contributed by atoms with Gasteiger partial charge in [0.05, 0.1) is 18.4 Å². The molecule has 0 radical (unpaired) electrons. The van der Waals surface area contributed by atoms with Crippen LogP contribution in [0.5, 0.6) is 5.75 Å². The minimum atomic E-state index is -3.20. The van der Waals surface area contributed by atoms with Gasteiger partial charge >= 0.3 is 5.97 Å². The molecule has 6 nitrogen and oxygen atoms in total. The van der Waals surface area contributed by atoms with Gasteiger partial charge in [-0.25, -0.2) is 13.2 Å². The number of benzene rings is 2. The highest BCUT2D eigenvalue weighted by molar-refractivity contribution is 7.89. The van der Waals surface area contributed by atoms with E-state index in [-0.39, 0.29) is 17.1 Å². The summed E-state index contributed by atoms with van der Waals surface area (Å²) in [5.74, 6) is -0.574. The quantitative estimate of drug-likeness (QED) is 0.555. The number of hydrogen-bond donors (Lipinski definition) is 0. The van der Waals surface area contributed by atoms with E-state index in [1.54, 1.807) is 36.4 Å². The lowest BCUT2D eigenvalue weighted by molar-refractivity contribution is 0.0474. The van der Waals surface area contributed by atoms with E-state index in [1.165, 1.54) is 19.2 Å². The van der Waals surface area contributed by atoms with Crippen molar-refractivity contribution in [3.05, 3.63) is 65.2 Å². The van der Waals surface area contributed by atoms with Crippen molar-refractivity contribution >= 4 is 21.6 Å². The van der Waals surface area contributed by atoms with Crippen molar-refractivity contribution in [3.8, 4) is 5.75 Å². The number of esters is 1. The number of carbonyl (C=O) groups is 2. The maximum atomic E-state index is 12.1. The fraction of sp³-hybridized carbons (Fsp3) is 0.222. The normalized spacial score (nSPS) is 11.0. The van der Waals surface area contributed by atoms with E-state index in [1.807, 2.05) is 0 Å². The second kappa shape index (κ2) is 7.94. The molecule has 2 aromatic rings. The van der Waals surface area contributed by atoms with Gasteiger partial charge in [0.25, 0.3) is 0 Å². The summed E-state index contributed by atoms with van der Waals surface area (Å²) in [7, 11) is -1.68. The van der Waals surface area contributed by atoms with Gasteiger partial charge in [-0.2, -0.15) is 0 Å². The predicted octanol–water partition coefficient (Wildman–Crippen LogP) is 2.28. The third kappa shape index (κ3) is 5.72. The van der Waals surface area contributed by atoms with Crippen LogP contribution in [0.25, 0.3) is 0 Å². The van der Waals surface area contributed by atoms with Crippen LogP contribution < -0.4 is 4.74 Å². The highest BCUT2D eigenvalue weighted by Crippen LogP contribution is 2.13. The molecule has 0 aromatic heterocycles. The summed E-state index contributed by atoms with van der Waals surface area (Å²) >= 11 is 0. The van der Waals surface area contributed by atoms with Gasteiger partial charge in [0.1, 0.15) is 5.75 Å². The molecule has 0 saturated carbocycles. The molecule has 132 valence electrons. The molecule has 25 heavy (non-hydrogen) atoms. The van der Waals surface area contributed by atoms with Gasteiger partial charge in [0.15, 0.2) is 22.2 Å². The number of Topliss-reactive ketones (excluding diaryl/α,β-unsaturated/α-hetero) is 1. The standard InChI is InChI=1S/C18H18O6S/c1-23-16-8-6-14(7-9-16)17(19)11-24-18(20)15-5-3-4-13(10-15)12-25(2,21)22/h3-10H,11-12H2,1-2H3. The van der Waals surface area contributed by atoms with Gasteiger partial charge < -0.3 is 9.47 Å². The third-order valence-corrected chi connectivity index (χ3v) is 4.20. The molecule has 2 aromatic carbocycles. The van der Waals surface area contributed by atoms with Crippen molar-refractivity contribution in [3.63, 3.8) is 0 Å². The Morgan fingerprint density at radius 1 is 1.00 bits per heavy atom. The molecule has 0 amide bonds. The van der Waals surface area contributed by atoms with Gasteiger partial charge in [0, 0.05) is 11.8 Å². The molecule has 0 aliphatic heterocycles. The molecule has 0 saturated heterocycles. The molecule has 2 rings (SSSR count). The molecule has 0 heterocycles. The smallest absolute Gasteiger partial charge is 0.338 e. The van der Waals surface area contributed by atoms with Crippen molar-refractivity contribution < 1.29 is 27.5 Å². The minimum absolute atomic E-state index is 0.168. The van der Waals surface area contributed by atoms with Crippen LogP contribution in [0.2, 0.25) is 0 Å². The monoisotopic (exact) mass is 362 g/mol. The Bertz CT molecular complexity index is 869. The summed E-state index contributed by atoms with van der Waals surface area (Å²) in [4.78, 5) is 24.1. The number of ether oxygens (including phenoxy) is 2. The molecular weight excluding hydrogens is 344 g/mol. The first-order valence-electron chi connectivity index (χ1n) is 7.39. The molecule has 0 aliphatic rings. The molecule has 0 spiro atoms. The number of rotatable bonds is 7. The topological polar surface area (TPSA) is 86.7 Å². The number of ketones is 1. The van der Waals surface area contributed by atoms with Gasteiger partial charge in [-0.1, -0.05) is 12.1 Å². The number of hydrogen-bond acceptors (Lipinski definition) is 6. The predicted molar refractivity (Wildman–Crippen MR) is 92.6 cm³/mol. The van der Waals surface area contributed by atoms with Crippen molar-refractivity contribution in [2.24, 2.45) is 0 Å². The molecule has 7 heteroatoms. The van der Waals surface area contributed by atoms with E-state index in [4.69, 9.17) is 9.47 Å². The van der Waals surface area contributed by atoms with Crippen LogP contribution in [-0.4, -0.2) is 40.1 Å². The largest absolute Gasteiger partial charge is 0.497 e. The van der Waals surface area contributed by atoms with Gasteiger partial charge in [0.2, 0.25) is 0 Å². The number of carbonyl (C=O) groups excluding carboxylic acids is 2. The summed E-state index contributed by atoms with van der Waals surface area (Å²) in [6, 6.07) is 12.6. The zero-order valence-electron chi connectivity index (χ0n) is 13.9. The van der Waals surface area contributed by atoms with Crippen LogP contribution in [-0.2, 0) is 20.3 Å². The lowest BCUT2D eigenvalue weighted by atomic mass is 10.1. The number of sulfone groups is 1. The Hall–Kier alpha value is -2.67. The van der Waals surface area contributed by atoms with Crippen LogP contribution >= 0.6 is 0 Å². The summed E-state index contributed by atoms with van der Waals surface area (Å²) in [5.41, 5.74) is 1.08. The Kier molecular flexibility index (Phi) is 5.93.